The van der Waals surface area contributed by atoms with Gasteiger partial charge in [0, 0.05) is 12.3 Å². The summed E-state index contributed by atoms with van der Waals surface area (Å²) in [6, 6.07) is 19.1. The largest absolute Gasteiger partial charge is 0.506 e. The quantitative estimate of drug-likeness (QED) is 0.469. The fourth-order valence-corrected chi connectivity index (χ4v) is 3.32. The van der Waals surface area contributed by atoms with Crippen molar-refractivity contribution in [2.24, 2.45) is 0 Å². The van der Waals surface area contributed by atoms with Gasteiger partial charge >= 0.3 is 0 Å². The topological polar surface area (TPSA) is 118 Å². The molecule has 9 nitrogen and oxygen atoms in total. The Bertz CT molecular complexity index is 1350. The first-order valence-corrected chi connectivity index (χ1v) is 9.96. The number of phenols is 1. The highest BCUT2D eigenvalue weighted by Gasteiger charge is 2.26. The van der Waals surface area contributed by atoms with Gasteiger partial charge in [0.05, 0.1) is 25.0 Å². The normalized spacial score (nSPS) is 10.6. The van der Waals surface area contributed by atoms with E-state index in [1.165, 1.54) is 18.1 Å². The Morgan fingerprint density at radius 2 is 1.73 bits per heavy atom. The molecule has 0 atom stereocenters. The molecule has 0 aliphatic rings. The Balaban J connectivity index is 1.84. The third-order valence-corrected chi connectivity index (χ3v) is 4.89. The molecule has 0 spiro atoms. The van der Waals surface area contributed by atoms with Crippen LogP contribution in [0.3, 0.4) is 0 Å². The molecule has 0 radical (unpaired) electrons. The molecule has 166 valence electrons. The van der Waals surface area contributed by atoms with Crippen LogP contribution in [0, 0.1) is 0 Å². The summed E-state index contributed by atoms with van der Waals surface area (Å²) in [7, 11) is 1.45. The number of phenolic OH excluding ortho intramolecular Hbond substituents is 1. The van der Waals surface area contributed by atoms with Crippen LogP contribution in [0.5, 0.6) is 17.2 Å². The Morgan fingerprint density at radius 1 is 1.00 bits per heavy atom. The maximum Gasteiger partial charge on any atom is 0.283 e. The summed E-state index contributed by atoms with van der Waals surface area (Å²) >= 11 is 0. The molecule has 0 saturated heterocycles. The number of methoxy groups -OCH3 is 1. The minimum Gasteiger partial charge on any atom is -0.506 e. The first kappa shape index (κ1) is 21.6. The molecule has 9 heteroatoms. The number of carbonyl (C=O) groups is 1. The predicted octanol–water partition coefficient (Wildman–Crippen LogP) is 2.89. The smallest absolute Gasteiger partial charge is 0.283 e. The Kier molecular flexibility index (Phi) is 6.03. The Morgan fingerprint density at radius 3 is 2.45 bits per heavy atom. The monoisotopic (exact) mass is 444 g/mol. The van der Waals surface area contributed by atoms with Crippen molar-refractivity contribution in [2.45, 2.75) is 6.54 Å². The van der Waals surface area contributed by atoms with Gasteiger partial charge in [-0.05, 0) is 36.4 Å². The summed E-state index contributed by atoms with van der Waals surface area (Å²) in [6.45, 7) is -0.00779. The van der Waals surface area contributed by atoms with Crippen molar-refractivity contribution in [1.29, 1.82) is 0 Å². The fraction of sp³-hybridized carbons (Fsp3) is 0.0833. The zero-order valence-corrected chi connectivity index (χ0v) is 17.6. The molecular formula is C24H20N4O5. The highest BCUT2D eigenvalue weighted by atomic mass is 16.5. The van der Waals surface area contributed by atoms with Crippen LogP contribution >= 0.6 is 0 Å². The molecular weight excluding hydrogens is 424 g/mol. The van der Waals surface area contributed by atoms with Crippen molar-refractivity contribution in [2.75, 3.05) is 12.0 Å². The number of ether oxygens (including phenoxy) is 1. The summed E-state index contributed by atoms with van der Waals surface area (Å²) in [6.07, 6.45) is 1.58. The van der Waals surface area contributed by atoms with E-state index in [0.29, 0.717) is 17.1 Å². The van der Waals surface area contributed by atoms with E-state index >= 15 is 0 Å². The number of aromatic hydroxyl groups is 2. The second-order valence-corrected chi connectivity index (χ2v) is 7.00. The van der Waals surface area contributed by atoms with E-state index < -0.39 is 17.2 Å². The predicted molar refractivity (Wildman–Crippen MR) is 121 cm³/mol. The van der Waals surface area contributed by atoms with Crippen LogP contribution in [0.1, 0.15) is 16.2 Å². The SMILES string of the molecule is COc1ccccc1-n1nc(C(=O)N(Cc2ccccn2)c2ccccc2O)c(O)cc1=O. The minimum absolute atomic E-state index is 0.00779. The molecule has 0 aliphatic carbocycles. The molecule has 0 unspecified atom stereocenters. The summed E-state index contributed by atoms with van der Waals surface area (Å²) in [5.41, 5.74) is 0.0287. The maximum absolute atomic E-state index is 13.6. The molecule has 0 bridgehead atoms. The van der Waals surface area contributed by atoms with Gasteiger partial charge in [-0.1, -0.05) is 30.3 Å². The second-order valence-electron chi connectivity index (χ2n) is 7.00. The van der Waals surface area contributed by atoms with Crippen molar-refractivity contribution in [1.82, 2.24) is 14.8 Å². The third kappa shape index (κ3) is 4.38. The lowest BCUT2D eigenvalue weighted by atomic mass is 10.2. The van der Waals surface area contributed by atoms with Gasteiger partial charge in [0.15, 0.2) is 11.4 Å². The average Bonchev–Trinajstić information content (AvgIpc) is 2.83. The summed E-state index contributed by atoms with van der Waals surface area (Å²) in [5.74, 6) is -1.09. The van der Waals surface area contributed by atoms with Crippen LogP contribution in [0.25, 0.3) is 5.69 Å². The van der Waals surface area contributed by atoms with Gasteiger partial charge in [-0.3, -0.25) is 19.5 Å². The van der Waals surface area contributed by atoms with E-state index in [9.17, 15) is 19.8 Å². The van der Waals surface area contributed by atoms with Gasteiger partial charge < -0.3 is 14.9 Å². The van der Waals surface area contributed by atoms with Crippen LogP contribution in [-0.2, 0) is 6.54 Å². The van der Waals surface area contributed by atoms with Gasteiger partial charge in [0.1, 0.15) is 17.2 Å². The van der Waals surface area contributed by atoms with E-state index in [1.807, 2.05) is 0 Å². The van der Waals surface area contributed by atoms with Crippen LogP contribution in [0.2, 0.25) is 0 Å². The van der Waals surface area contributed by atoms with E-state index in [4.69, 9.17) is 4.74 Å². The molecule has 0 saturated carbocycles. The van der Waals surface area contributed by atoms with Gasteiger partial charge in [-0.25, -0.2) is 0 Å². The number of hydrogen-bond acceptors (Lipinski definition) is 7. The minimum atomic E-state index is -0.733. The average molecular weight is 444 g/mol. The first-order chi connectivity index (χ1) is 16.0. The van der Waals surface area contributed by atoms with Crippen LogP contribution in [0.15, 0.2) is 83.8 Å². The maximum atomic E-state index is 13.6. The lowest BCUT2D eigenvalue weighted by Gasteiger charge is -2.23. The summed E-state index contributed by atoms with van der Waals surface area (Å²) in [5, 5.41) is 25.0. The van der Waals surface area contributed by atoms with Gasteiger partial charge in [0.25, 0.3) is 11.5 Å². The Hall–Kier alpha value is -4.66. The van der Waals surface area contributed by atoms with Crippen LogP contribution in [0.4, 0.5) is 5.69 Å². The molecule has 2 heterocycles. The number of amides is 1. The highest BCUT2D eigenvalue weighted by molar-refractivity contribution is 6.07. The highest BCUT2D eigenvalue weighted by Crippen LogP contribution is 2.30. The molecule has 4 rings (SSSR count). The fourth-order valence-electron chi connectivity index (χ4n) is 3.32. The van der Waals surface area contributed by atoms with Crippen LogP contribution in [-0.4, -0.2) is 38.0 Å². The zero-order valence-electron chi connectivity index (χ0n) is 17.6. The van der Waals surface area contributed by atoms with Crippen LogP contribution < -0.4 is 15.2 Å². The lowest BCUT2D eigenvalue weighted by molar-refractivity contribution is 0.0974. The number of rotatable bonds is 6. The van der Waals surface area contributed by atoms with E-state index in [-0.39, 0.29) is 23.7 Å². The van der Waals surface area contributed by atoms with E-state index in [1.54, 1.807) is 66.9 Å². The zero-order chi connectivity index (χ0) is 23.4. The molecule has 1 amide bonds. The second kappa shape index (κ2) is 9.23. The number of hydrogen-bond donors (Lipinski definition) is 2. The third-order valence-electron chi connectivity index (χ3n) is 4.89. The van der Waals surface area contributed by atoms with Crippen molar-refractivity contribution in [3.63, 3.8) is 0 Å². The standard InChI is InChI=1S/C24H20N4O5/c1-33-21-12-5-3-10-18(21)28-22(31)14-20(30)23(26-28)24(32)27(15-16-8-6-7-13-25-16)17-9-2-4-11-19(17)29/h2-14,29-30H,15H2,1H3. The first-order valence-electron chi connectivity index (χ1n) is 9.96. The summed E-state index contributed by atoms with van der Waals surface area (Å²) in [4.78, 5) is 31.6. The molecule has 2 aromatic heterocycles. The Labute approximate surface area is 188 Å². The molecule has 0 aliphatic heterocycles. The molecule has 0 fully saturated rings. The number of pyridine rings is 1. The summed E-state index contributed by atoms with van der Waals surface area (Å²) < 4.78 is 6.28. The number of anilines is 1. The number of carbonyl (C=O) groups excluding carboxylic acids is 1. The van der Waals surface area contributed by atoms with Crippen molar-refractivity contribution in [3.8, 4) is 22.9 Å². The number of nitrogens with zero attached hydrogens (tertiary/aromatic N) is 4. The molecule has 33 heavy (non-hydrogen) atoms. The molecule has 4 aromatic rings. The number of para-hydroxylation sites is 4. The van der Waals surface area contributed by atoms with Gasteiger partial charge in [-0.15, -0.1) is 0 Å². The van der Waals surface area contributed by atoms with Crippen molar-refractivity contribution >= 4 is 11.6 Å². The van der Waals surface area contributed by atoms with Crippen molar-refractivity contribution in [3.05, 3.63) is 101 Å². The van der Waals surface area contributed by atoms with E-state index in [2.05, 4.69) is 10.1 Å². The number of benzene rings is 2. The van der Waals surface area contributed by atoms with Crippen molar-refractivity contribution < 1.29 is 19.7 Å². The molecule has 2 aromatic carbocycles. The molecule has 2 N–H and O–H groups in total. The lowest BCUT2D eigenvalue weighted by Crippen LogP contribution is -2.34. The van der Waals surface area contributed by atoms with Gasteiger partial charge in [0.2, 0.25) is 0 Å². The van der Waals surface area contributed by atoms with Gasteiger partial charge in [-0.2, -0.15) is 9.78 Å². The van der Waals surface area contributed by atoms with E-state index in [0.717, 1.165) is 10.7 Å². The number of aromatic nitrogens is 3.